The molecule has 1 aliphatic rings. The molecule has 2 heterocycles. The summed E-state index contributed by atoms with van der Waals surface area (Å²) >= 11 is 3.58. The SMILES string of the molecule is Cc1ccc(C(N)Cc2cc(Br)cc3c2OCC3)c(C)n1. The molecule has 0 spiro atoms. The Morgan fingerprint density at radius 1 is 1.33 bits per heavy atom. The highest BCUT2D eigenvalue weighted by molar-refractivity contribution is 9.10. The van der Waals surface area contributed by atoms with E-state index in [2.05, 4.69) is 39.1 Å². The fourth-order valence-electron chi connectivity index (χ4n) is 2.93. The van der Waals surface area contributed by atoms with Gasteiger partial charge in [0.05, 0.1) is 6.61 Å². The highest BCUT2D eigenvalue weighted by atomic mass is 79.9. The van der Waals surface area contributed by atoms with Gasteiger partial charge in [-0.05, 0) is 55.2 Å². The number of fused-ring (bicyclic) bond motifs is 1. The molecule has 1 aliphatic heterocycles. The van der Waals surface area contributed by atoms with Gasteiger partial charge < -0.3 is 10.5 Å². The molecule has 1 aromatic carbocycles. The minimum absolute atomic E-state index is 0.0688. The van der Waals surface area contributed by atoms with Crippen molar-refractivity contribution in [2.45, 2.75) is 32.7 Å². The van der Waals surface area contributed by atoms with Gasteiger partial charge in [0.25, 0.3) is 0 Å². The predicted octanol–water partition coefficient (Wildman–Crippen LogP) is 3.64. The Balaban J connectivity index is 1.90. The molecule has 0 fully saturated rings. The van der Waals surface area contributed by atoms with Crippen molar-refractivity contribution in [3.8, 4) is 5.75 Å². The van der Waals surface area contributed by atoms with Crippen LogP contribution in [0.4, 0.5) is 0 Å². The van der Waals surface area contributed by atoms with E-state index in [1.807, 2.05) is 19.9 Å². The second-order valence-electron chi connectivity index (χ2n) is 5.59. The van der Waals surface area contributed by atoms with Crippen LogP contribution in [0.3, 0.4) is 0 Å². The van der Waals surface area contributed by atoms with Crippen molar-refractivity contribution in [2.75, 3.05) is 6.61 Å². The molecule has 21 heavy (non-hydrogen) atoms. The third-order valence-corrected chi connectivity index (χ3v) is 4.39. The molecule has 0 saturated heterocycles. The van der Waals surface area contributed by atoms with Crippen molar-refractivity contribution >= 4 is 15.9 Å². The number of nitrogens with zero attached hydrogens (tertiary/aromatic N) is 1. The molecule has 0 bridgehead atoms. The van der Waals surface area contributed by atoms with E-state index in [-0.39, 0.29) is 6.04 Å². The number of aryl methyl sites for hydroxylation is 2. The topological polar surface area (TPSA) is 48.1 Å². The van der Waals surface area contributed by atoms with Crippen LogP contribution < -0.4 is 10.5 Å². The van der Waals surface area contributed by atoms with Gasteiger partial charge in [0.1, 0.15) is 5.75 Å². The van der Waals surface area contributed by atoms with Gasteiger partial charge in [-0.3, -0.25) is 4.98 Å². The highest BCUT2D eigenvalue weighted by Gasteiger charge is 2.20. The molecule has 0 saturated carbocycles. The molecule has 2 N–H and O–H groups in total. The van der Waals surface area contributed by atoms with Crippen molar-refractivity contribution < 1.29 is 4.74 Å². The zero-order valence-electron chi connectivity index (χ0n) is 12.3. The van der Waals surface area contributed by atoms with Gasteiger partial charge in [0.15, 0.2) is 0 Å². The summed E-state index contributed by atoms with van der Waals surface area (Å²) in [6.45, 7) is 4.78. The first-order valence-electron chi connectivity index (χ1n) is 7.18. The molecule has 1 aromatic heterocycles. The fraction of sp³-hybridized carbons (Fsp3) is 0.353. The van der Waals surface area contributed by atoms with E-state index in [1.165, 1.54) is 11.1 Å². The van der Waals surface area contributed by atoms with Crippen LogP contribution in [0.1, 0.15) is 34.1 Å². The van der Waals surface area contributed by atoms with Crippen molar-refractivity contribution in [1.29, 1.82) is 0 Å². The van der Waals surface area contributed by atoms with Gasteiger partial charge in [-0.1, -0.05) is 22.0 Å². The average Bonchev–Trinajstić information content (AvgIpc) is 2.86. The molecule has 3 nitrogen and oxygen atoms in total. The van der Waals surface area contributed by atoms with Crippen LogP contribution in [-0.4, -0.2) is 11.6 Å². The van der Waals surface area contributed by atoms with Gasteiger partial charge in [0.2, 0.25) is 0 Å². The van der Waals surface area contributed by atoms with E-state index >= 15 is 0 Å². The lowest BCUT2D eigenvalue weighted by atomic mass is 9.96. The molecular formula is C17H19BrN2O. The first kappa shape index (κ1) is 14.5. The monoisotopic (exact) mass is 346 g/mol. The molecule has 0 amide bonds. The first-order valence-corrected chi connectivity index (χ1v) is 7.97. The Labute approximate surface area is 133 Å². The van der Waals surface area contributed by atoms with E-state index in [4.69, 9.17) is 10.5 Å². The van der Waals surface area contributed by atoms with Crippen molar-refractivity contribution in [1.82, 2.24) is 4.98 Å². The average molecular weight is 347 g/mol. The Hall–Kier alpha value is -1.39. The molecule has 110 valence electrons. The van der Waals surface area contributed by atoms with Gasteiger partial charge in [-0.15, -0.1) is 0 Å². The summed E-state index contributed by atoms with van der Waals surface area (Å²) in [5.41, 5.74) is 12.0. The van der Waals surface area contributed by atoms with Gasteiger partial charge in [0, 0.05) is 28.3 Å². The van der Waals surface area contributed by atoms with Crippen LogP contribution in [0.2, 0.25) is 0 Å². The van der Waals surface area contributed by atoms with Gasteiger partial charge in [-0.2, -0.15) is 0 Å². The summed E-state index contributed by atoms with van der Waals surface area (Å²) < 4.78 is 6.87. The first-order chi connectivity index (χ1) is 10.0. The molecule has 1 unspecified atom stereocenters. The molecule has 4 heteroatoms. The molecule has 0 radical (unpaired) electrons. The molecule has 1 atom stereocenters. The maximum atomic E-state index is 6.41. The maximum absolute atomic E-state index is 6.41. The van der Waals surface area contributed by atoms with E-state index < -0.39 is 0 Å². The fourth-order valence-corrected chi connectivity index (χ4v) is 3.49. The van der Waals surface area contributed by atoms with E-state index in [0.29, 0.717) is 0 Å². The lowest BCUT2D eigenvalue weighted by molar-refractivity contribution is 0.352. The van der Waals surface area contributed by atoms with Crippen LogP contribution in [0.5, 0.6) is 5.75 Å². The lowest BCUT2D eigenvalue weighted by Crippen LogP contribution is -2.16. The number of pyridine rings is 1. The molecule has 2 aromatic rings. The van der Waals surface area contributed by atoms with Crippen molar-refractivity contribution in [3.05, 3.63) is 56.8 Å². The Morgan fingerprint density at radius 2 is 2.14 bits per heavy atom. The number of nitrogens with two attached hydrogens (primary N) is 1. The summed E-state index contributed by atoms with van der Waals surface area (Å²) in [6.07, 6.45) is 1.73. The van der Waals surface area contributed by atoms with E-state index in [1.54, 1.807) is 0 Å². The van der Waals surface area contributed by atoms with E-state index in [9.17, 15) is 0 Å². The zero-order valence-corrected chi connectivity index (χ0v) is 13.9. The normalized spacial score (nSPS) is 14.7. The third-order valence-electron chi connectivity index (χ3n) is 3.93. The standard InChI is InChI=1S/C17H19BrN2O/c1-10-3-4-15(11(2)20-10)16(19)9-13-8-14(18)7-12-5-6-21-17(12)13/h3-4,7-8,16H,5-6,9,19H2,1-2H3. The second-order valence-corrected chi connectivity index (χ2v) is 6.51. The van der Waals surface area contributed by atoms with Crippen molar-refractivity contribution in [2.24, 2.45) is 5.73 Å². The highest BCUT2D eigenvalue weighted by Crippen LogP contribution is 2.35. The number of hydrogen-bond donors (Lipinski definition) is 1. The lowest BCUT2D eigenvalue weighted by Gasteiger charge is -2.17. The van der Waals surface area contributed by atoms with Crippen molar-refractivity contribution in [3.63, 3.8) is 0 Å². The summed E-state index contributed by atoms with van der Waals surface area (Å²) in [6, 6.07) is 8.28. The van der Waals surface area contributed by atoms with Crippen LogP contribution >= 0.6 is 15.9 Å². The van der Waals surface area contributed by atoms with E-state index in [0.717, 1.165) is 46.6 Å². The van der Waals surface area contributed by atoms with Crippen LogP contribution in [0.25, 0.3) is 0 Å². The summed E-state index contributed by atoms with van der Waals surface area (Å²) in [7, 11) is 0. The summed E-state index contributed by atoms with van der Waals surface area (Å²) in [5, 5.41) is 0. The maximum Gasteiger partial charge on any atom is 0.125 e. The predicted molar refractivity (Wildman–Crippen MR) is 87.7 cm³/mol. The molecule has 3 rings (SSSR count). The van der Waals surface area contributed by atoms with Gasteiger partial charge in [-0.25, -0.2) is 0 Å². The number of benzene rings is 1. The second kappa shape index (κ2) is 5.78. The van der Waals surface area contributed by atoms with Crippen LogP contribution in [0, 0.1) is 13.8 Å². The quantitative estimate of drug-likeness (QED) is 0.922. The summed E-state index contributed by atoms with van der Waals surface area (Å²) in [5.74, 6) is 1.02. The molecular weight excluding hydrogens is 328 g/mol. The number of aromatic nitrogens is 1. The Morgan fingerprint density at radius 3 is 2.90 bits per heavy atom. The number of halogens is 1. The smallest absolute Gasteiger partial charge is 0.125 e. The van der Waals surface area contributed by atoms with Crippen LogP contribution in [0.15, 0.2) is 28.7 Å². The largest absolute Gasteiger partial charge is 0.493 e. The Kier molecular flexibility index (Phi) is 4.00. The summed E-state index contributed by atoms with van der Waals surface area (Å²) in [4.78, 5) is 4.51. The zero-order chi connectivity index (χ0) is 15.0. The number of hydrogen-bond acceptors (Lipinski definition) is 3. The number of rotatable bonds is 3. The molecule has 0 aliphatic carbocycles. The number of ether oxygens (including phenoxy) is 1. The minimum atomic E-state index is -0.0688. The van der Waals surface area contributed by atoms with Gasteiger partial charge >= 0.3 is 0 Å². The van der Waals surface area contributed by atoms with Crippen LogP contribution in [-0.2, 0) is 12.8 Å². The Bertz CT molecular complexity index is 685. The third kappa shape index (κ3) is 2.97. The minimum Gasteiger partial charge on any atom is -0.493 e.